The normalized spacial score (nSPS) is 59.0. The highest BCUT2D eigenvalue weighted by Crippen LogP contribution is 2.43. The molecule has 0 radical (unpaired) electrons. The number of aliphatic hydroxyl groups excluding tert-OH is 3. The highest BCUT2D eigenvalue weighted by molar-refractivity contribution is 5.04. The molecule has 70 valence electrons. The van der Waals surface area contributed by atoms with Crippen molar-refractivity contribution < 1.29 is 25.2 Å². The lowest BCUT2D eigenvalue weighted by Gasteiger charge is -2.25. The van der Waals surface area contributed by atoms with E-state index in [2.05, 4.69) is 0 Å². The Morgan fingerprint density at radius 1 is 1.17 bits per heavy atom. The van der Waals surface area contributed by atoms with E-state index in [-0.39, 0.29) is 13.0 Å². The molecule has 4 N–H and O–H groups in total. The first-order valence-corrected chi connectivity index (χ1v) is 3.96. The molecule has 1 aliphatic carbocycles. The Kier molecular flexibility index (Phi) is 1.68. The third-order valence-corrected chi connectivity index (χ3v) is 2.76. The number of hydrogen-bond acceptors (Lipinski definition) is 5. The van der Waals surface area contributed by atoms with E-state index in [0.29, 0.717) is 0 Å². The summed E-state index contributed by atoms with van der Waals surface area (Å²) in [5, 5.41) is 37.4. The summed E-state index contributed by atoms with van der Waals surface area (Å²) in [4.78, 5) is 0. The predicted molar refractivity (Wildman–Crippen MR) is 37.0 cm³/mol. The van der Waals surface area contributed by atoms with E-state index in [1.165, 1.54) is 0 Å². The number of aliphatic hydroxyl groups is 4. The van der Waals surface area contributed by atoms with Crippen molar-refractivity contribution in [1.82, 2.24) is 0 Å². The van der Waals surface area contributed by atoms with Gasteiger partial charge in [-0.3, -0.25) is 0 Å². The molecule has 0 aromatic carbocycles. The molecule has 5 unspecified atom stereocenters. The summed E-state index contributed by atoms with van der Waals surface area (Å²) in [6.07, 6.45) is -2.92. The SMILES string of the molecule is OC1CC2C(O)COC2(O)C1O. The summed E-state index contributed by atoms with van der Waals surface area (Å²) in [5.74, 6) is -2.30. The van der Waals surface area contributed by atoms with Crippen LogP contribution in [0.3, 0.4) is 0 Å². The second-order valence-corrected chi connectivity index (χ2v) is 3.48. The second kappa shape index (κ2) is 2.40. The quantitative estimate of drug-likeness (QED) is 0.336. The lowest BCUT2D eigenvalue weighted by molar-refractivity contribution is -0.240. The largest absolute Gasteiger partial charge is 0.390 e. The third-order valence-electron chi connectivity index (χ3n) is 2.76. The molecule has 0 bridgehead atoms. The molecule has 0 aromatic heterocycles. The average Bonchev–Trinajstić information content (AvgIpc) is 2.42. The smallest absolute Gasteiger partial charge is 0.200 e. The summed E-state index contributed by atoms with van der Waals surface area (Å²) in [7, 11) is 0. The van der Waals surface area contributed by atoms with Crippen molar-refractivity contribution in [2.45, 2.75) is 30.5 Å². The van der Waals surface area contributed by atoms with Crippen LogP contribution in [-0.2, 0) is 4.74 Å². The number of hydrogen-bond donors (Lipinski definition) is 4. The van der Waals surface area contributed by atoms with Gasteiger partial charge in [0.2, 0.25) is 0 Å². The maximum atomic E-state index is 9.65. The van der Waals surface area contributed by atoms with Crippen molar-refractivity contribution in [1.29, 1.82) is 0 Å². The van der Waals surface area contributed by atoms with Gasteiger partial charge < -0.3 is 25.2 Å². The third kappa shape index (κ3) is 0.855. The number of rotatable bonds is 0. The molecule has 0 spiro atoms. The molecule has 2 rings (SSSR count). The fourth-order valence-electron chi connectivity index (χ4n) is 2.01. The van der Waals surface area contributed by atoms with Crippen LogP contribution in [0, 0.1) is 5.92 Å². The lowest BCUT2D eigenvalue weighted by atomic mass is 9.99. The van der Waals surface area contributed by atoms with Gasteiger partial charge in [-0.15, -0.1) is 0 Å². The van der Waals surface area contributed by atoms with Crippen molar-refractivity contribution >= 4 is 0 Å². The Bertz CT molecular complexity index is 196. The van der Waals surface area contributed by atoms with E-state index < -0.39 is 30.0 Å². The highest BCUT2D eigenvalue weighted by Gasteiger charge is 2.60. The van der Waals surface area contributed by atoms with Gasteiger partial charge in [0, 0.05) is 5.92 Å². The zero-order valence-electron chi connectivity index (χ0n) is 6.42. The van der Waals surface area contributed by atoms with Gasteiger partial charge in [-0.25, -0.2) is 0 Å². The number of ether oxygens (including phenoxy) is 1. The van der Waals surface area contributed by atoms with Crippen LogP contribution in [-0.4, -0.2) is 51.1 Å². The van der Waals surface area contributed by atoms with Crippen LogP contribution in [0.4, 0.5) is 0 Å². The summed E-state index contributed by atoms with van der Waals surface area (Å²) < 4.78 is 4.85. The van der Waals surface area contributed by atoms with E-state index in [1.807, 2.05) is 0 Å². The summed E-state index contributed by atoms with van der Waals surface area (Å²) in [6.45, 7) is 0.0188. The van der Waals surface area contributed by atoms with Gasteiger partial charge in [0.25, 0.3) is 0 Å². The summed E-state index contributed by atoms with van der Waals surface area (Å²) in [5.41, 5.74) is 0. The summed E-state index contributed by atoms with van der Waals surface area (Å²) in [6, 6.07) is 0. The Hall–Kier alpha value is -0.200. The van der Waals surface area contributed by atoms with Crippen molar-refractivity contribution in [3.05, 3.63) is 0 Å². The maximum absolute atomic E-state index is 9.65. The molecule has 0 aromatic rings. The first-order chi connectivity index (χ1) is 5.55. The fraction of sp³-hybridized carbons (Fsp3) is 1.00. The maximum Gasteiger partial charge on any atom is 0.200 e. The van der Waals surface area contributed by atoms with Gasteiger partial charge in [-0.1, -0.05) is 0 Å². The van der Waals surface area contributed by atoms with E-state index in [1.54, 1.807) is 0 Å². The zero-order valence-corrected chi connectivity index (χ0v) is 6.42. The van der Waals surface area contributed by atoms with Crippen molar-refractivity contribution in [2.75, 3.05) is 6.61 Å². The Morgan fingerprint density at radius 2 is 1.83 bits per heavy atom. The van der Waals surface area contributed by atoms with Crippen molar-refractivity contribution in [2.24, 2.45) is 5.92 Å². The van der Waals surface area contributed by atoms with Crippen LogP contribution >= 0.6 is 0 Å². The number of fused-ring (bicyclic) bond motifs is 1. The highest BCUT2D eigenvalue weighted by atomic mass is 16.7. The second-order valence-electron chi connectivity index (χ2n) is 3.48. The van der Waals surface area contributed by atoms with Crippen LogP contribution in [0.15, 0.2) is 0 Å². The van der Waals surface area contributed by atoms with Crippen molar-refractivity contribution in [3.8, 4) is 0 Å². The van der Waals surface area contributed by atoms with Crippen LogP contribution in [0.1, 0.15) is 6.42 Å². The summed E-state index contributed by atoms with van der Waals surface area (Å²) >= 11 is 0. The minimum atomic E-state index is -1.74. The van der Waals surface area contributed by atoms with Gasteiger partial charge in [0.05, 0.1) is 18.8 Å². The molecule has 12 heavy (non-hydrogen) atoms. The molecule has 2 aliphatic rings. The van der Waals surface area contributed by atoms with Crippen LogP contribution < -0.4 is 0 Å². The van der Waals surface area contributed by atoms with Gasteiger partial charge in [-0.2, -0.15) is 0 Å². The fourth-order valence-corrected chi connectivity index (χ4v) is 2.01. The lowest BCUT2D eigenvalue weighted by Crippen LogP contribution is -2.45. The molecule has 2 fully saturated rings. The Balaban J connectivity index is 2.25. The molecular formula is C7H12O5. The Labute approximate surface area is 69.2 Å². The minimum Gasteiger partial charge on any atom is -0.390 e. The van der Waals surface area contributed by atoms with E-state index in [4.69, 9.17) is 4.74 Å². The molecule has 5 heteroatoms. The standard InChI is InChI=1S/C7H12O5/c8-4-1-3-5(9)2-12-7(3,11)6(4)10/h3-6,8-11H,1-2H2. The monoisotopic (exact) mass is 176 g/mol. The van der Waals surface area contributed by atoms with E-state index in [9.17, 15) is 20.4 Å². The van der Waals surface area contributed by atoms with Gasteiger partial charge in [0.15, 0.2) is 5.79 Å². The Morgan fingerprint density at radius 3 is 2.42 bits per heavy atom. The zero-order chi connectivity index (χ0) is 8.93. The molecule has 5 nitrogen and oxygen atoms in total. The molecular weight excluding hydrogens is 164 g/mol. The molecule has 1 saturated heterocycles. The first-order valence-electron chi connectivity index (χ1n) is 3.96. The van der Waals surface area contributed by atoms with Crippen LogP contribution in [0.2, 0.25) is 0 Å². The van der Waals surface area contributed by atoms with E-state index in [0.717, 1.165) is 0 Å². The molecule has 1 heterocycles. The van der Waals surface area contributed by atoms with Gasteiger partial charge in [-0.05, 0) is 6.42 Å². The minimum absolute atomic E-state index is 0.0188. The van der Waals surface area contributed by atoms with Crippen LogP contribution in [0.25, 0.3) is 0 Å². The topological polar surface area (TPSA) is 90.2 Å². The molecule has 1 aliphatic heterocycles. The average molecular weight is 176 g/mol. The van der Waals surface area contributed by atoms with Gasteiger partial charge in [0.1, 0.15) is 6.10 Å². The van der Waals surface area contributed by atoms with E-state index >= 15 is 0 Å². The van der Waals surface area contributed by atoms with Crippen molar-refractivity contribution in [3.63, 3.8) is 0 Å². The van der Waals surface area contributed by atoms with Crippen LogP contribution in [0.5, 0.6) is 0 Å². The molecule has 5 atom stereocenters. The predicted octanol–water partition coefficient (Wildman–Crippen LogP) is -2.19. The first kappa shape index (κ1) is 8.40. The van der Waals surface area contributed by atoms with Gasteiger partial charge >= 0.3 is 0 Å². The molecule has 0 amide bonds. The molecule has 1 saturated carbocycles.